The zero-order valence-electron chi connectivity index (χ0n) is 12.4. The molecule has 0 bridgehead atoms. The summed E-state index contributed by atoms with van der Waals surface area (Å²) in [4.78, 5) is 2.50. The highest BCUT2D eigenvalue weighted by Crippen LogP contribution is 2.33. The predicted octanol–water partition coefficient (Wildman–Crippen LogP) is 2.67. The van der Waals surface area contributed by atoms with Gasteiger partial charge in [0.15, 0.2) is 0 Å². The number of nitrogens with zero attached hydrogens (tertiary/aromatic N) is 1. The molecule has 1 aromatic rings. The van der Waals surface area contributed by atoms with E-state index in [4.69, 9.17) is 9.47 Å². The first-order valence-corrected chi connectivity index (χ1v) is 7.44. The Morgan fingerprint density at radius 2 is 2.00 bits per heavy atom. The van der Waals surface area contributed by atoms with Crippen molar-refractivity contribution in [3.63, 3.8) is 0 Å². The van der Waals surface area contributed by atoms with Crippen LogP contribution < -0.4 is 4.74 Å². The van der Waals surface area contributed by atoms with Crippen LogP contribution in [0.15, 0.2) is 17.7 Å². The molecule has 0 amide bonds. The van der Waals surface area contributed by atoms with Gasteiger partial charge in [-0.3, -0.25) is 4.90 Å². The molecule has 1 heterocycles. The van der Waals surface area contributed by atoms with Crippen molar-refractivity contribution in [2.75, 3.05) is 40.0 Å². The number of aryl methyl sites for hydroxylation is 1. The molecule has 1 aliphatic carbocycles. The van der Waals surface area contributed by atoms with Crippen LogP contribution in [0.3, 0.4) is 0 Å². The maximum Gasteiger partial charge on any atom is 0.122 e. The van der Waals surface area contributed by atoms with Crippen LogP contribution in [0.2, 0.25) is 0 Å². The molecule has 3 heteroatoms. The largest absolute Gasteiger partial charge is 0.496 e. The monoisotopic (exact) mass is 273 g/mol. The maximum absolute atomic E-state index is 5.50. The van der Waals surface area contributed by atoms with Crippen molar-refractivity contribution in [2.45, 2.75) is 19.8 Å². The molecule has 0 radical (unpaired) electrons. The number of hydrogen-bond acceptors (Lipinski definition) is 3. The molecule has 0 unspecified atom stereocenters. The van der Waals surface area contributed by atoms with Crippen molar-refractivity contribution in [1.29, 1.82) is 0 Å². The Balaban J connectivity index is 1.82. The average molecular weight is 273 g/mol. The molecule has 0 saturated carbocycles. The van der Waals surface area contributed by atoms with Crippen LogP contribution in [-0.2, 0) is 11.2 Å². The fourth-order valence-corrected chi connectivity index (χ4v) is 3.14. The van der Waals surface area contributed by atoms with E-state index in [0.717, 1.165) is 51.4 Å². The first kappa shape index (κ1) is 13.7. The molecule has 2 aliphatic rings. The van der Waals surface area contributed by atoms with E-state index in [1.165, 1.54) is 22.3 Å². The van der Waals surface area contributed by atoms with Gasteiger partial charge in [0.1, 0.15) is 5.75 Å². The van der Waals surface area contributed by atoms with Crippen molar-refractivity contribution >= 4 is 6.08 Å². The lowest BCUT2D eigenvalue weighted by Crippen LogP contribution is -2.37. The molecule has 1 fully saturated rings. The van der Waals surface area contributed by atoms with E-state index in [1.807, 2.05) is 0 Å². The van der Waals surface area contributed by atoms with Crippen molar-refractivity contribution in [3.05, 3.63) is 34.4 Å². The summed E-state index contributed by atoms with van der Waals surface area (Å²) in [6.07, 6.45) is 4.62. The molecule has 1 saturated heterocycles. The van der Waals surface area contributed by atoms with E-state index >= 15 is 0 Å². The number of fused-ring (bicyclic) bond motifs is 1. The van der Waals surface area contributed by atoms with E-state index in [1.54, 1.807) is 7.11 Å². The molecule has 1 aliphatic heterocycles. The minimum absolute atomic E-state index is 0.872. The second kappa shape index (κ2) is 5.98. The van der Waals surface area contributed by atoms with Crippen LogP contribution in [0.4, 0.5) is 0 Å². The number of hydrogen-bond donors (Lipinski definition) is 0. The predicted molar refractivity (Wildman–Crippen MR) is 81.3 cm³/mol. The van der Waals surface area contributed by atoms with Gasteiger partial charge in [-0.25, -0.2) is 0 Å². The van der Waals surface area contributed by atoms with Crippen molar-refractivity contribution in [3.8, 4) is 5.75 Å². The standard InChI is InChI=1S/C17H23NO2/c1-13-3-6-17(19-2)15-5-4-14(11-16(13)15)12-18-7-9-20-10-8-18/h3,6,11H,4-5,7-10,12H2,1-2H3. The highest BCUT2D eigenvalue weighted by atomic mass is 16.5. The highest BCUT2D eigenvalue weighted by Gasteiger charge is 2.19. The molecule has 3 rings (SSSR count). The third-order valence-electron chi connectivity index (χ3n) is 4.33. The molecule has 0 spiro atoms. The topological polar surface area (TPSA) is 21.7 Å². The molecule has 0 atom stereocenters. The van der Waals surface area contributed by atoms with Crippen LogP contribution >= 0.6 is 0 Å². The van der Waals surface area contributed by atoms with Gasteiger partial charge in [0, 0.05) is 25.2 Å². The molecule has 1 aromatic carbocycles. The molecular formula is C17H23NO2. The number of rotatable bonds is 3. The summed E-state index contributed by atoms with van der Waals surface area (Å²) in [5.41, 5.74) is 5.63. The highest BCUT2D eigenvalue weighted by molar-refractivity contribution is 5.66. The Bertz CT molecular complexity index is 516. The lowest BCUT2D eigenvalue weighted by atomic mass is 9.88. The Kier molecular flexibility index (Phi) is 4.08. The summed E-state index contributed by atoms with van der Waals surface area (Å²) in [7, 11) is 1.76. The normalized spacial score (nSPS) is 19.4. The number of morpholine rings is 1. The van der Waals surface area contributed by atoms with E-state index in [2.05, 4.69) is 30.0 Å². The summed E-state index contributed by atoms with van der Waals surface area (Å²) < 4.78 is 10.9. The van der Waals surface area contributed by atoms with Gasteiger partial charge in [0.25, 0.3) is 0 Å². The zero-order valence-corrected chi connectivity index (χ0v) is 12.4. The first-order valence-electron chi connectivity index (χ1n) is 7.44. The fourth-order valence-electron chi connectivity index (χ4n) is 3.14. The third-order valence-corrected chi connectivity index (χ3v) is 4.33. The Hall–Kier alpha value is -1.32. The van der Waals surface area contributed by atoms with Crippen molar-refractivity contribution in [2.24, 2.45) is 0 Å². The third kappa shape index (κ3) is 2.74. The van der Waals surface area contributed by atoms with Crippen LogP contribution in [0.5, 0.6) is 5.75 Å². The molecule has 20 heavy (non-hydrogen) atoms. The van der Waals surface area contributed by atoms with Gasteiger partial charge < -0.3 is 9.47 Å². The Morgan fingerprint density at radius 3 is 2.75 bits per heavy atom. The fraction of sp³-hybridized carbons (Fsp3) is 0.529. The van der Waals surface area contributed by atoms with E-state index < -0.39 is 0 Å². The summed E-state index contributed by atoms with van der Waals surface area (Å²) >= 11 is 0. The van der Waals surface area contributed by atoms with Gasteiger partial charge in [-0.2, -0.15) is 0 Å². The second-order valence-corrected chi connectivity index (χ2v) is 5.67. The van der Waals surface area contributed by atoms with Crippen LogP contribution in [0.25, 0.3) is 6.08 Å². The van der Waals surface area contributed by atoms with Crippen molar-refractivity contribution < 1.29 is 9.47 Å². The zero-order chi connectivity index (χ0) is 13.9. The first-order chi connectivity index (χ1) is 9.78. The van der Waals surface area contributed by atoms with Gasteiger partial charge in [-0.15, -0.1) is 0 Å². The Labute approximate surface area is 121 Å². The summed E-state index contributed by atoms with van der Waals surface area (Å²) in [5.74, 6) is 1.03. The second-order valence-electron chi connectivity index (χ2n) is 5.67. The maximum atomic E-state index is 5.50. The van der Waals surface area contributed by atoms with Crippen LogP contribution in [0.1, 0.15) is 23.1 Å². The van der Waals surface area contributed by atoms with E-state index in [9.17, 15) is 0 Å². The molecular weight excluding hydrogens is 250 g/mol. The number of ether oxygens (including phenoxy) is 2. The minimum atomic E-state index is 0.872. The van der Waals surface area contributed by atoms with Gasteiger partial charge in [0.2, 0.25) is 0 Å². The average Bonchev–Trinajstić information content (AvgIpc) is 2.49. The van der Waals surface area contributed by atoms with E-state index in [0.29, 0.717) is 0 Å². The Morgan fingerprint density at radius 1 is 1.20 bits per heavy atom. The van der Waals surface area contributed by atoms with Gasteiger partial charge in [-0.05, 0) is 37.0 Å². The van der Waals surface area contributed by atoms with Gasteiger partial charge in [0.05, 0.1) is 20.3 Å². The van der Waals surface area contributed by atoms with Crippen LogP contribution in [0, 0.1) is 6.92 Å². The van der Waals surface area contributed by atoms with Gasteiger partial charge >= 0.3 is 0 Å². The lowest BCUT2D eigenvalue weighted by Gasteiger charge is -2.29. The molecule has 0 aromatic heterocycles. The van der Waals surface area contributed by atoms with Gasteiger partial charge in [-0.1, -0.05) is 17.7 Å². The molecule has 0 N–H and O–H groups in total. The van der Waals surface area contributed by atoms with Crippen LogP contribution in [-0.4, -0.2) is 44.9 Å². The summed E-state index contributed by atoms with van der Waals surface area (Å²) in [5, 5.41) is 0. The SMILES string of the molecule is COc1ccc(C)c2c1CCC(CN1CCOCC1)=C2. The number of methoxy groups -OCH3 is 1. The minimum Gasteiger partial charge on any atom is -0.496 e. The molecule has 108 valence electrons. The van der Waals surface area contributed by atoms with E-state index in [-0.39, 0.29) is 0 Å². The quantitative estimate of drug-likeness (QED) is 0.845. The smallest absolute Gasteiger partial charge is 0.122 e. The lowest BCUT2D eigenvalue weighted by molar-refractivity contribution is 0.0420. The summed E-state index contributed by atoms with van der Waals surface area (Å²) in [6, 6.07) is 4.25. The summed E-state index contributed by atoms with van der Waals surface area (Å²) in [6.45, 7) is 7.13. The van der Waals surface area contributed by atoms with Crippen molar-refractivity contribution in [1.82, 2.24) is 4.90 Å². The number of benzene rings is 1. The molecule has 3 nitrogen and oxygen atoms in total.